The Morgan fingerprint density at radius 3 is 2.79 bits per heavy atom. The molecule has 14 heavy (non-hydrogen) atoms. The van der Waals surface area contributed by atoms with Crippen LogP contribution in [-0.2, 0) is 12.3 Å². The zero-order chi connectivity index (χ0) is 10.4. The fraction of sp³-hybridized carbons (Fsp3) is 0.400. The van der Waals surface area contributed by atoms with Gasteiger partial charge in [-0.05, 0) is 31.6 Å². The second kappa shape index (κ2) is 5.78. The maximum atomic E-state index is 5.60. The summed E-state index contributed by atoms with van der Waals surface area (Å²) in [6.07, 6.45) is 1.54. The number of hydrogen-bond donors (Lipinski definition) is 1. The second-order valence-corrected chi connectivity index (χ2v) is 4.14. The van der Waals surface area contributed by atoms with E-state index in [4.69, 9.17) is 10.2 Å². The quantitative estimate of drug-likeness (QED) is 0.810. The summed E-state index contributed by atoms with van der Waals surface area (Å²) >= 11 is 1.63. The molecule has 0 aliphatic carbocycles. The highest BCUT2D eigenvalue weighted by Gasteiger charge is 2.02. The summed E-state index contributed by atoms with van der Waals surface area (Å²) in [5, 5.41) is 1.86. The van der Waals surface area contributed by atoms with Crippen LogP contribution in [0.3, 0.4) is 0 Å². The minimum Gasteiger partial charge on any atom is -0.464 e. The molecule has 0 amide bonds. The molecule has 0 atom stereocenters. The first-order chi connectivity index (χ1) is 6.72. The highest BCUT2D eigenvalue weighted by molar-refractivity contribution is 8.01. The summed E-state index contributed by atoms with van der Waals surface area (Å²) in [6.45, 7) is 0.845. The van der Waals surface area contributed by atoms with Gasteiger partial charge in [-0.3, -0.25) is 0 Å². The molecule has 78 valence electrons. The van der Waals surface area contributed by atoms with Crippen molar-refractivity contribution in [3.8, 4) is 0 Å². The van der Waals surface area contributed by atoms with Crippen LogP contribution in [0.5, 0.6) is 0 Å². The smallest absolute Gasteiger partial charge is 0.118 e. The van der Waals surface area contributed by atoms with E-state index in [0.29, 0.717) is 0 Å². The van der Waals surface area contributed by atoms with Gasteiger partial charge in [0.05, 0.1) is 12.3 Å². The molecule has 4 heteroatoms. The van der Waals surface area contributed by atoms with Crippen LogP contribution in [0.25, 0.3) is 0 Å². The van der Waals surface area contributed by atoms with Crippen LogP contribution in [0.4, 0.5) is 0 Å². The molecule has 1 rings (SSSR count). The largest absolute Gasteiger partial charge is 0.464 e. The van der Waals surface area contributed by atoms with Gasteiger partial charge < -0.3 is 15.1 Å². The van der Waals surface area contributed by atoms with Gasteiger partial charge in [0.25, 0.3) is 0 Å². The summed E-state index contributed by atoms with van der Waals surface area (Å²) in [4.78, 5) is 2.08. The SMILES string of the molecule is CN(C)Cc1ccc(CS/C=C/N)o1. The van der Waals surface area contributed by atoms with E-state index in [9.17, 15) is 0 Å². The summed E-state index contributed by atoms with van der Waals surface area (Å²) in [6, 6.07) is 4.03. The number of furan rings is 1. The first-order valence-electron chi connectivity index (χ1n) is 4.43. The third kappa shape index (κ3) is 3.89. The van der Waals surface area contributed by atoms with Crippen molar-refractivity contribution < 1.29 is 4.42 Å². The molecule has 1 aromatic heterocycles. The minimum absolute atomic E-state index is 0.834. The van der Waals surface area contributed by atoms with Crippen molar-refractivity contribution in [3.05, 3.63) is 35.3 Å². The number of nitrogens with zero attached hydrogens (tertiary/aromatic N) is 1. The molecule has 3 nitrogen and oxygen atoms in total. The molecule has 0 spiro atoms. The lowest BCUT2D eigenvalue weighted by Crippen LogP contribution is -2.09. The minimum atomic E-state index is 0.834. The molecule has 0 fully saturated rings. The van der Waals surface area contributed by atoms with Gasteiger partial charge in [0.1, 0.15) is 11.5 Å². The summed E-state index contributed by atoms with van der Waals surface area (Å²) in [7, 11) is 4.04. The van der Waals surface area contributed by atoms with Crippen LogP contribution in [0, 0.1) is 0 Å². The van der Waals surface area contributed by atoms with E-state index in [1.165, 1.54) is 6.20 Å². The molecule has 0 aromatic carbocycles. The van der Waals surface area contributed by atoms with E-state index < -0.39 is 0 Å². The second-order valence-electron chi connectivity index (χ2n) is 3.25. The van der Waals surface area contributed by atoms with Crippen LogP contribution in [0.2, 0.25) is 0 Å². The Balaban J connectivity index is 2.42. The molecule has 0 bridgehead atoms. The predicted molar refractivity (Wildman–Crippen MR) is 60.7 cm³/mol. The van der Waals surface area contributed by atoms with Gasteiger partial charge in [-0.15, -0.1) is 11.8 Å². The van der Waals surface area contributed by atoms with Gasteiger partial charge in [0, 0.05) is 6.20 Å². The van der Waals surface area contributed by atoms with Gasteiger partial charge >= 0.3 is 0 Å². The fourth-order valence-electron chi connectivity index (χ4n) is 1.08. The first kappa shape index (κ1) is 11.2. The summed E-state index contributed by atoms with van der Waals surface area (Å²) < 4.78 is 5.60. The molecular weight excluding hydrogens is 196 g/mol. The molecule has 1 heterocycles. The van der Waals surface area contributed by atoms with Crippen LogP contribution in [0.1, 0.15) is 11.5 Å². The zero-order valence-corrected chi connectivity index (χ0v) is 9.38. The van der Waals surface area contributed by atoms with E-state index in [1.54, 1.807) is 11.8 Å². The molecule has 0 radical (unpaired) electrons. The molecule has 0 aliphatic heterocycles. The Morgan fingerprint density at radius 2 is 2.14 bits per heavy atom. The molecule has 2 N–H and O–H groups in total. The van der Waals surface area contributed by atoms with Crippen molar-refractivity contribution >= 4 is 11.8 Å². The van der Waals surface area contributed by atoms with Crippen molar-refractivity contribution in [3.63, 3.8) is 0 Å². The highest BCUT2D eigenvalue weighted by Crippen LogP contribution is 2.16. The van der Waals surface area contributed by atoms with Crippen molar-refractivity contribution in [2.75, 3.05) is 14.1 Å². The van der Waals surface area contributed by atoms with E-state index >= 15 is 0 Å². The first-order valence-corrected chi connectivity index (χ1v) is 5.48. The number of thioether (sulfide) groups is 1. The van der Waals surface area contributed by atoms with Crippen LogP contribution in [0.15, 0.2) is 28.2 Å². The normalized spacial score (nSPS) is 11.6. The van der Waals surface area contributed by atoms with Gasteiger partial charge in [-0.1, -0.05) is 0 Å². The average molecular weight is 212 g/mol. The third-order valence-electron chi connectivity index (χ3n) is 1.59. The van der Waals surface area contributed by atoms with E-state index in [1.807, 2.05) is 31.6 Å². The van der Waals surface area contributed by atoms with E-state index in [0.717, 1.165) is 23.8 Å². The zero-order valence-electron chi connectivity index (χ0n) is 8.56. The molecular formula is C10H16N2OS. The third-order valence-corrected chi connectivity index (χ3v) is 2.39. The monoisotopic (exact) mass is 212 g/mol. The Hall–Kier alpha value is -0.870. The Bertz CT molecular complexity index is 294. The Labute approximate surface area is 88.9 Å². The predicted octanol–water partition coefficient (Wildman–Crippen LogP) is 2.00. The van der Waals surface area contributed by atoms with Crippen molar-refractivity contribution in [2.24, 2.45) is 5.73 Å². The van der Waals surface area contributed by atoms with Gasteiger partial charge in [0.2, 0.25) is 0 Å². The summed E-state index contributed by atoms with van der Waals surface area (Å²) in [5.41, 5.74) is 5.23. The molecule has 0 saturated carbocycles. The Kier molecular flexibility index (Phi) is 4.62. The Morgan fingerprint density at radius 1 is 1.43 bits per heavy atom. The number of nitrogens with two attached hydrogens (primary N) is 1. The van der Waals surface area contributed by atoms with Crippen LogP contribution < -0.4 is 5.73 Å². The average Bonchev–Trinajstić information content (AvgIpc) is 2.52. The lowest BCUT2D eigenvalue weighted by molar-refractivity contribution is 0.344. The van der Waals surface area contributed by atoms with E-state index in [2.05, 4.69) is 4.90 Å². The number of hydrogen-bond acceptors (Lipinski definition) is 4. The molecule has 0 aliphatic rings. The maximum absolute atomic E-state index is 5.60. The molecule has 0 unspecified atom stereocenters. The standard InChI is InChI=1S/C10H16N2OS/c1-12(2)7-9-3-4-10(13-9)8-14-6-5-11/h3-6H,7-8,11H2,1-2H3/b6-5+. The topological polar surface area (TPSA) is 42.4 Å². The van der Waals surface area contributed by atoms with Crippen LogP contribution >= 0.6 is 11.8 Å². The summed E-state index contributed by atoms with van der Waals surface area (Å²) in [5.74, 6) is 2.83. The lowest BCUT2D eigenvalue weighted by Gasteiger charge is -2.05. The van der Waals surface area contributed by atoms with E-state index in [-0.39, 0.29) is 0 Å². The number of rotatable bonds is 5. The lowest BCUT2D eigenvalue weighted by atomic mass is 10.4. The van der Waals surface area contributed by atoms with Crippen molar-refractivity contribution in [1.29, 1.82) is 0 Å². The maximum Gasteiger partial charge on any atom is 0.118 e. The van der Waals surface area contributed by atoms with Gasteiger partial charge in [-0.25, -0.2) is 0 Å². The highest BCUT2D eigenvalue weighted by atomic mass is 32.2. The van der Waals surface area contributed by atoms with Crippen molar-refractivity contribution in [1.82, 2.24) is 4.90 Å². The van der Waals surface area contributed by atoms with Crippen LogP contribution in [-0.4, -0.2) is 19.0 Å². The molecule has 1 aromatic rings. The fourth-order valence-corrected chi connectivity index (χ4v) is 1.61. The van der Waals surface area contributed by atoms with Crippen molar-refractivity contribution in [2.45, 2.75) is 12.3 Å². The van der Waals surface area contributed by atoms with Gasteiger partial charge in [0.15, 0.2) is 0 Å². The van der Waals surface area contributed by atoms with Gasteiger partial charge in [-0.2, -0.15) is 0 Å². The molecule has 0 saturated heterocycles.